The summed E-state index contributed by atoms with van der Waals surface area (Å²) in [5, 5.41) is 3.44. The van der Waals surface area contributed by atoms with Gasteiger partial charge in [-0.1, -0.05) is 54.8 Å². The van der Waals surface area contributed by atoms with Crippen LogP contribution in [0, 0.1) is 0 Å². The highest BCUT2D eigenvalue weighted by Gasteiger charge is 2.22. The lowest BCUT2D eigenvalue weighted by atomic mass is 10.0. The minimum absolute atomic E-state index is 0.150. The van der Waals surface area contributed by atoms with Crippen LogP contribution in [0.15, 0.2) is 48.8 Å². The number of likely N-dealkylation sites (tertiary alicyclic amines) is 1. The molecule has 1 aromatic heterocycles. The Hall–Kier alpha value is -1.91. The first-order valence-electron chi connectivity index (χ1n) is 8.92. The summed E-state index contributed by atoms with van der Waals surface area (Å²) < 4.78 is 0. The van der Waals surface area contributed by atoms with E-state index in [0.717, 1.165) is 13.1 Å². The van der Waals surface area contributed by atoms with Crippen molar-refractivity contribution < 1.29 is 4.79 Å². The lowest BCUT2D eigenvalue weighted by Crippen LogP contribution is -2.38. The van der Waals surface area contributed by atoms with E-state index in [4.69, 9.17) is 11.6 Å². The van der Waals surface area contributed by atoms with Crippen LogP contribution in [0.4, 0.5) is 0 Å². The molecule has 132 valence electrons. The molecular weight excluding hydrogens is 334 g/mol. The number of rotatable bonds is 5. The summed E-state index contributed by atoms with van der Waals surface area (Å²) in [6.45, 7) is 2.72. The third kappa shape index (κ3) is 4.80. The van der Waals surface area contributed by atoms with E-state index in [9.17, 15) is 4.79 Å². The summed E-state index contributed by atoms with van der Waals surface area (Å²) in [6.07, 6.45) is 8.10. The Morgan fingerprint density at radius 3 is 2.52 bits per heavy atom. The fourth-order valence-corrected chi connectivity index (χ4v) is 3.59. The second kappa shape index (κ2) is 8.97. The van der Waals surface area contributed by atoms with Gasteiger partial charge in [0.05, 0.1) is 16.6 Å². The monoisotopic (exact) mass is 357 g/mol. The van der Waals surface area contributed by atoms with Gasteiger partial charge in [-0.25, -0.2) is 0 Å². The molecule has 2 aromatic rings. The molecule has 0 bridgehead atoms. The van der Waals surface area contributed by atoms with Crippen LogP contribution in [0.5, 0.6) is 0 Å². The molecule has 2 heterocycles. The molecule has 1 aromatic carbocycles. The van der Waals surface area contributed by atoms with E-state index in [2.05, 4.69) is 39.5 Å². The zero-order valence-electron chi connectivity index (χ0n) is 14.3. The Kier molecular flexibility index (Phi) is 6.42. The van der Waals surface area contributed by atoms with Crippen molar-refractivity contribution in [2.45, 2.75) is 31.7 Å². The Labute approximate surface area is 154 Å². The summed E-state index contributed by atoms with van der Waals surface area (Å²) in [5.74, 6) is -0.150. The molecule has 1 aliphatic rings. The van der Waals surface area contributed by atoms with Gasteiger partial charge in [-0.05, 0) is 37.6 Å². The molecule has 1 amide bonds. The number of amides is 1. The highest BCUT2D eigenvalue weighted by molar-refractivity contribution is 6.33. The number of hydrogen-bond donors (Lipinski definition) is 1. The molecule has 1 atom stereocenters. The Balaban J connectivity index is 1.73. The largest absolute Gasteiger partial charge is 0.350 e. The minimum atomic E-state index is -0.150. The quantitative estimate of drug-likeness (QED) is 0.876. The maximum absolute atomic E-state index is 12.5. The van der Waals surface area contributed by atoms with Crippen LogP contribution in [-0.2, 0) is 0 Å². The zero-order chi connectivity index (χ0) is 17.5. The van der Waals surface area contributed by atoms with E-state index in [1.165, 1.54) is 37.4 Å². The number of benzene rings is 1. The molecule has 25 heavy (non-hydrogen) atoms. The molecule has 0 unspecified atom stereocenters. The predicted octanol–water partition coefficient (Wildman–Crippen LogP) is 4.08. The second-order valence-corrected chi connectivity index (χ2v) is 6.85. The molecule has 0 aliphatic carbocycles. The average molecular weight is 358 g/mol. The topological polar surface area (TPSA) is 45.2 Å². The van der Waals surface area contributed by atoms with Crippen molar-refractivity contribution in [1.82, 2.24) is 15.2 Å². The third-order valence-electron chi connectivity index (χ3n) is 4.74. The summed E-state index contributed by atoms with van der Waals surface area (Å²) in [4.78, 5) is 18.9. The first-order chi connectivity index (χ1) is 12.3. The van der Waals surface area contributed by atoms with Crippen molar-refractivity contribution in [3.8, 4) is 0 Å². The number of carbonyl (C=O) groups excluding carboxylic acids is 1. The van der Waals surface area contributed by atoms with E-state index < -0.39 is 0 Å². The van der Waals surface area contributed by atoms with Crippen molar-refractivity contribution >= 4 is 17.5 Å². The zero-order valence-corrected chi connectivity index (χ0v) is 15.1. The number of carbonyl (C=O) groups is 1. The number of nitrogens with one attached hydrogen (secondary N) is 1. The van der Waals surface area contributed by atoms with Crippen LogP contribution in [-0.4, -0.2) is 35.4 Å². The smallest absolute Gasteiger partial charge is 0.252 e. The standard InChI is InChI=1S/C20H24ClN3O/c21-18-14-22-11-10-17(18)20(25)23-15-19(16-8-4-3-5-9-16)24-12-6-1-2-7-13-24/h3-5,8-11,14,19H,1-2,6-7,12-13,15H2,(H,23,25)/t19-/m1/s1. The molecule has 3 rings (SSSR count). The van der Waals surface area contributed by atoms with Crippen LogP contribution in [0.3, 0.4) is 0 Å². The van der Waals surface area contributed by atoms with E-state index in [1.54, 1.807) is 12.3 Å². The summed E-state index contributed by atoms with van der Waals surface area (Å²) in [6, 6.07) is 12.3. The van der Waals surface area contributed by atoms with Crippen LogP contribution < -0.4 is 5.32 Å². The van der Waals surface area contributed by atoms with Gasteiger partial charge in [0.1, 0.15) is 0 Å². The van der Waals surface area contributed by atoms with Crippen molar-refractivity contribution in [2.24, 2.45) is 0 Å². The first kappa shape index (κ1) is 17.9. The molecule has 0 radical (unpaired) electrons. The predicted molar refractivity (Wildman–Crippen MR) is 101 cm³/mol. The van der Waals surface area contributed by atoms with Gasteiger partial charge in [0.25, 0.3) is 5.91 Å². The van der Waals surface area contributed by atoms with Gasteiger partial charge in [-0.2, -0.15) is 0 Å². The molecular formula is C20H24ClN3O. The van der Waals surface area contributed by atoms with E-state index in [1.807, 2.05) is 6.07 Å². The van der Waals surface area contributed by atoms with Crippen molar-refractivity contribution in [3.63, 3.8) is 0 Å². The van der Waals surface area contributed by atoms with Gasteiger partial charge >= 0.3 is 0 Å². The summed E-state index contributed by atoms with van der Waals surface area (Å²) >= 11 is 6.09. The van der Waals surface area contributed by atoms with Crippen LogP contribution in [0.1, 0.15) is 47.6 Å². The number of pyridine rings is 1. The van der Waals surface area contributed by atoms with Crippen LogP contribution >= 0.6 is 11.6 Å². The molecule has 1 aliphatic heterocycles. The Bertz CT molecular complexity index is 684. The second-order valence-electron chi connectivity index (χ2n) is 6.44. The van der Waals surface area contributed by atoms with Gasteiger partial charge in [-0.3, -0.25) is 14.7 Å². The third-order valence-corrected chi connectivity index (χ3v) is 5.04. The minimum Gasteiger partial charge on any atom is -0.350 e. The molecule has 4 nitrogen and oxygen atoms in total. The molecule has 1 N–H and O–H groups in total. The number of aromatic nitrogens is 1. The van der Waals surface area contributed by atoms with Crippen molar-refractivity contribution in [1.29, 1.82) is 0 Å². The average Bonchev–Trinajstić information content (AvgIpc) is 2.92. The number of hydrogen-bond acceptors (Lipinski definition) is 3. The normalized spacial score (nSPS) is 16.8. The summed E-state index contributed by atoms with van der Waals surface area (Å²) in [5.41, 5.74) is 1.71. The fourth-order valence-electron chi connectivity index (χ4n) is 3.38. The first-order valence-corrected chi connectivity index (χ1v) is 9.30. The van der Waals surface area contributed by atoms with E-state index in [0.29, 0.717) is 17.1 Å². The molecule has 5 heteroatoms. The van der Waals surface area contributed by atoms with E-state index in [-0.39, 0.29) is 11.9 Å². The van der Waals surface area contributed by atoms with Gasteiger partial charge in [0, 0.05) is 18.9 Å². The van der Waals surface area contributed by atoms with Gasteiger partial charge in [-0.15, -0.1) is 0 Å². The fraction of sp³-hybridized carbons (Fsp3) is 0.400. The van der Waals surface area contributed by atoms with Gasteiger partial charge in [0.2, 0.25) is 0 Å². The van der Waals surface area contributed by atoms with Crippen LogP contribution in [0.2, 0.25) is 5.02 Å². The van der Waals surface area contributed by atoms with Gasteiger partial charge in [0.15, 0.2) is 0 Å². The highest BCUT2D eigenvalue weighted by atomic mass is 35.5. The Morgan fingerprint density at radius 1 is 1.12 bits per heavy atom. The van der Waals surface area contributed by atoms with Crippen molar-refractivity contribution in [3.05, 3.63) is 64.9 Å². The van der Waals surface area contributed by atoms with E-state index >= 15 is 0 Å². The number of nitrogens with zero attached hydrogens (tertiary/aromatic N) is 2. The Morgan fingerprint density at radius 2 is 1.84 bits per heavy atom. The number of halogens is 1. The SMILES string of the molecule is O=C(NC[C@H](c1ccccc1)N1CCCCCC1)c1ccncc1Cl. The maximum Gasteiger partial charge on any atom is 0.252 e. The molecule has 0 saturated carbocycles. The summed E-state index contributed by atoms with van der Waals surface area (Å²) in [7, 11) is 0. The van der Waals surface area contributed by atoms with Crippen molar-refractivity contribution in [2.75, 3.05) is 19.6 Å². The maximum atomic E-state index is 12.5. The lowest BCUT2D eigenvalue weighted by Gasteiger charge is -2.31. The highest BCUT2D eigenvalue weighted by Crippen LogP contribution is 2.24. The lowest BCUT2D eigenvalue weighted by molar-refractivity contribution is 0.0933. The molecule has 1 saturated heterocycles. The molecule has 1 fully saturated rings. The van der Waals surface area contributed by atoms with Crippen LogP contribution in [0.25, 0.3) is 0 Å². The van der Waals surface area contributed by atoms with Gasteiger partial charge < -0.3 is 5.32 Å². The molecule has 0 spiro atoms.